The van der Waals surface area contributed by atoms with Gasteiger partial charge in [-0.3, -0.25) is 14.9 Å². The summed E-state index contributed by atoms with van der Waals surface area (Å²) < 4.78 is 1.67. The molecule has 1 fully saturated rings. The van der Waals surface area contributed by atoms with E-state index in [1.807, 2.05) is 0 Å². The highest BCUT2D eigenvalue weighted by molar-refractivity contribution is 7.99. The van der Waals surface area contributed by atoms with Crippen LogP contribution in [0.3, 0.4) is 0 Å². The van der Waals surface area contributed by atoms with E-state index in [4.69, 9.17) is 0 Å². The third-order valence-corrected chi connectivity index (χ3v) is 5.08. The molecule has 132 valence electrons. The molecule has 9 nitrogen and oxygen atoms in total. The van der Waals surface area contributed by atoms with Crippen LogP contribution in [0.2, 0.25) is 0 Å². The molecule has 0 spiro atoms. The summed E-state index contributed by atoms with van der Waals surface area (Å²) in [6.07, 6.45) is 3.23. The molecule has 1 aromatic carbocycles. The number of hydrogen-bond acceptors (Lipinski definition) is 7. The number of benzene rings is 1. The largest absolute Gasteiger partial charge is 0.349 e. The van der Waals surface area contributed by atoms with Crippen molar-refractivity contribution in [3.05, 3.63) is 40.2 Å². The highest BCUT2D eigenvalue weighted by atomic mass is 32.2. The molecule has 2 aromatic rings. The summed E-state index contributed by atoms with van der Waals surface area (Å²) in [4.78, 5) is 23.7. The van der Waals surface area contributed by atoms with Gasteiger partial charge >= 0.3 is 0 Å². The summed E-state index contributed by atoms with van der Waals surface area (Å²) in [5.41, 5.74) is 0.165. The number of amides is 1. The number of aryl methyl sites for hydroxylation is 1. The van der Waals surface area contributed by atoms with Gasteiger partial charge in [-0.2, -0.15) is 0 Å². The minimum atomic E-state index is -0.486. The van der Waals surface area contributed by atoms with Gasteiger partial charge in [0.25, 0.3) is 11.6 Å². The highest BCUT2D eigenvalue weighted by Gasteiger charge is 2.22. The van der Waals surface area contributed by atoms with Gasteiger partial charge in [0.1, 0.15) is 6.33 Å². The molecule has 0 saturated carbocycles. The van der Waals surface area contributed by atoms with Gasteiger partial charge in [-0.25, -0.2) is 0 Å². The molecule has 10 heteroatoms. The number of carbonyl (C=O) groups excluding carboxylic acids is 1. The molecule has 0 radical (unpaired) electrons. The molecule has 2 N–H and O–H groups in total. The standard InChI is InChI=1S/C15H18N6O3S/c1-20-9-17-19-15(20)25-13-3-2-10(8-12(13)21(23)24)14(22)18-11-4-6-16-7-5-11/h2-3,8-9,11,16H,4-7H2,1H3,(H,18,22). The van der Waals surface area contributed by atoms with Gasteiger partial charge in [-0.1, -0.05) is 0 Å². The third kappa shape index (κ3) is 4.15. The number of nitrogens with one attached hydrogen (secondary N) is 2. The first-order chi connectivity index (χ1) is 12.0. The van der Waals surface area contributed by atoms with Gasteiger partial charge in [-0.05, 0) is 49.8 Å². The van der Waals surface area contributed by atoms with E-state index in [0.717, 1.165) is 37.7 Å². The Hall–Kier alpha value is -2.46. The number of rotatable bonds is 5. The molecular weight excluding hydrogens is 344 g/mol. The Balaban J connectivity index is 1.79. The quantitative estimate of drug-likeness (QED) is 0.609. The van der Waals surface area contributed by atoms with Crippen molar-refractivity contribution in [2.24, 2.45) is 7.05 Å². The molecule has 0 bridgehead atoms. The monoisotopic (exact) mass is 362 g/mol. The van der Waals surface area contributed by atoms with Gasteiger partial charge in [0, 0.05) is 24.7 Å². The molecule has 2 heterocycles. The summed E-state index contributed by atoms with van der Waals surface area (Å²) in [5.74, 6) is -0.287. The molecule has 1 amide bonds. The lowest BCUT2D eigenvalue weighted by molar-refractivity contribution is -0.387. The van der Waals surface area contributed by atoms with Crippen molar-refractivity contribution in [2.75, 3.05) is 13.1 Å². The third-order valence-electron chi connectivity index (χ3n) is 3.96. The molecule has 1 aliphatic heterocycles. The lowest BCUT2D eigenvalue weighted by Gasteiger charge is -2.23. The maximum absolute atomic E-state index is 12.4. The SMILES string of the molecule is Cn1cnnc1Sc1ccc(C(=O)NC2CCNCC2)cc1[N+](=O)[O-]. The normalized spacial score (nSPS) is 15.1. The summed E-state index contributed by atoms with van der Waals surface area (Å²) >= 11 is 1.14. The summed E-state index contributed by atoms with van der Waals surface area (Å²) in [5, 5.41) is 25.8. The summed E-state index contributed by atoms with van der Waals surface area (Å²) in [6.45, 7) is 1.72. The van der Waals surface area contributed by atoms with Crippen molar-refractivity contribution < 1.29 is 9.72 Å². The van der Waals surface area contributed by atoms with Crippen molar-refractivity contribution >= 4 is 23.4 Å². The number of nitro benzene ring substituents is 1. The second-order valence-electron chi connectivity index (χ2n) is 5.76. The van der Waals surface area contributed by atoms with Crippen LogP contribution in [-0.4, -0.2) is 44.7 Å². The van der Waals surface area contributed by atoms with Crippen molar-refractivity contribution in [3.8, 4) is 0 Å². The molecule has 1 aliphatic rings. The van der Waals surface area contributed by atoms with Gasteiger partial charge in [-0.15, -0.1) is 10.2 Å². The van der Waals surface area contributed by atoms with E-state index in [1.165, 1.54) is 12.4 Å². The number of aromatic nitrogens is 3. The Morgan fingerprint density at radius 1 is 1.44 bits per heavy atom. The van der Waals surface area contributed by atoms with E-state index in [1.54, 1.807) is 23.7 Å². The van der Waals surface area contributed by atoms with Gasteiger partial charge in [0.2, 0.25) is 0 Å². The van der Waals surface area contributed by atoms with Crippen molar-refractivity contribution in [1.29, 1.82) is 0 Å². The molecule has 1 saturated heterocycles. The first-order valence-electron chi connectivity index (χ1n) is 7.86. The van der Waals surface area contributed by atoms with E-state index in [2.05, 4.69) is 20.8 Å². The van der Waals surface area contributed by atoms with Crippen molar-refractivity contribution in [2.45, 2.75) is 28.9 Å². The van der Waals surface area contributed by atoms with E-state index in [0.29, 0.717) is 10.1 Å². The molecule has 3 rings (SSSR count). The molecule has 0 atom stereocenters. The second-order valence-corrected chi connectivity index (χ2v) is 6.77. The van der Waals surface area contributed by atoms with E-state index in [9.17, 15) is 14.9 Å². The minimum absolute atomic E-state index is 0.0977. The lowest BCUT2D eigenvalue weighted by Crippen LogP contribution is -2.42. The summed E-state index contributed by atoms with van der Waals surface area (Å²) in [7, 11) is 1.76. The Morgan fingerprint density at radius 3 is 2.84 bits per heavy atom. The van der Waals surface area contributed by atoms with Crippen molar-refractivity contribution in [3.63, 3.8) is 0 Å². The van der Waals surface area contributed by atoms with Crippen molar-refractivity contribution in [1.82, 2.24) is 25.4 Å². The van der Waals surface area contributed by atoms with Gasteiger partial charge in [0.05, 0.1) is 9.82 Å². The molecule has 25 heavy (non-hydrogen) atoms. The van der Waals surface area contributed by atoms with Crippen LogP contribution < -0.4 is 10.6 Å². The number of nitro groups is 1. The van der Waals surface area contributed by atoms with Crippen LogP contribution in [0, 0.1) is 10.1 Å². The van der Waals surface area contributed by atoms with Crippen LogP contribution in [0.5, 0.6) is 0 Å². The summed E-state index contributed by atoms with van der Waals surface area (Å²) in [6, 6.07) is 4.59. The first-order valence-corrected chi connectivity index (χ1v) is 8.68. The fourth-order valence-electron chi connectivity index (χ4n) is 2.59. The van der Waals surface area contributed by atoms with Gasteiger partial charge < -0.3 is 15.2 Å². The average Bonchev–Trinajstić information content (AvgIpc) is 3.00. The Bertz CT molecular complexity index is 787. The van der Waals surface area contributed by atoms with Crippen LogP contribution >= 0.6 is 11.8 Å². The smallest absolute Gasteiger partial charge is 0.284 e. The van der Waals surface area contributed by atoms with Crippen LogP contribution in [-0.2, 0) is 7.05 Å². The topological polar surface area (TPSA) is 115 Å². The molecular formula is C15H18N6O3S. The predicted octanol–water partition coefficient (Wildman–Crippen LogP) is 1.36. The first kappa shape index (κ1) is 17.4. The maximum atomic E-state index is 12.4. The predicted molar refractivity (Wildman–Crippen MR) is 91.6 cm³/mol. The molecule has 1 aromatic heterocycles. The number of nitrogens with zero attached hydrogens (tertiary/aromatic N) is 4. The zero-order chi connectivity index (χ0) is 17.8. The Morgan fingerprint density at radius 2 is 2.20 bits per heavy atom. The fraction of sp³-hybridized carbons (Fsp3) is 0.400. The maximum Gasteiger partial charge on any atom is 0.284 e. The fourth-order valence-corrected chi connectivity index (χ4v) is 3.44. The number of piperidine rings is 1. The average molecular weight is 362 g/mol. The second kappa shape index (κ2) is 7.62. The molecule has 0 aliphatic carbocycles. The number of carbonyl (C=O) groups is 1. The van der Waals surface area contributed by atoms with Crippen LogP contribution in [0.1, 0.15) is 23.2 Å². The Kier molecular flexibility index (Phi) is 5.29. The molecule has 0 unspecified atom stereocenters. The highest BCUT2D eigenvalue weighted by Crippen LogP contribution is 2.34. The zero-order valence-electron chi connectivity index (χ0n) is 13.6. The van der Waals surface area contributed by atoms with E-state index in [-0.39, 0.29) is 23.2 Å². The van der Waals surface area contributed by atoms with E-state index < -0.39 is 4.92 Å². The van der Waals surface area contributed by atoms with Crippen LogP contribution in [0.4, 0.5) is 5.69 Å². The van der Waals surface area contributed by atoms with Crippen LogP contribution in [0.25, 0.3) is 0 Å². The van der Waals surface area contributed by atoms with E-state index >= 15 is 0 Å². The minimum Gasteiger partial charge on any atom is -0.349 e. The zero-order valence-corrected chi connectivity index (χ0v) is 14.5. The van der Waals surface area contributed by atoms with Gasteiger partial charge in [0.15, 0.2) is 5.16 Å². The van der Waals surface area contributed by atoms with Crippen LogP contribution in [0.15, 0.2) is 34.6 Å². The lowest BCUT2D eigenvalue weighted by atomic mass is 10.1. The Labute approximate surface area is 148 Å². The number of hydrogen-bond donors (Lipinski definition) is 2.